The van der Waals surface area contributed by atoms with Crippen molar-refractivity contribution in [2.24, 2.45) is 17.8 Å². The molecule has 2 rings (SSSR count). The van der Waals surface area contributed by atoms with Crippen molar-refractivity contribution in [2.75, 3.05) is 19.6 Å². The van der Waals surface area contributed by atoms with E-state index in [0.717, 1.165) is 19.5 Å². The molecular formula is C15H26N2O3. The van der Waals surface area contributed by atoms with Crippen molar-refractivity contribution in [1.29, 1.82) is 0 Å². The van der Waals surface area contributed by atoms with Gasteiger partial charge in [0.05, 0.1) is 5.92 Å². The van der Waals surface area contributed by atoms with Crippen molar-refractivity contribution in [3.05, 3.63) is 0 Å². The number of hydrogen-bond donors (Lipinski definition) is 2. The summed E-state index contributed by atoms with van der Waals surface area (Å²) < 4.78 is 0. The summed E-state index contributed by atoms with van der Waals surface area (Å²) >= 11 is 0. The fourth-order valence-corrected chi connectivity index (χ4v) is 2.30. The molecule has 0 saturated heterocycles. The molecule has 0 aromatic rings. The average Bonchev–Trinajstić information content (AvgIpc) is 3.27. The number of carboxylic acid groups (broad SMARTS) is 1. The highest BCUT2D eigenvalue weighted by Gasteiger charge is 2.31. The van der Waals surface area contributed by atoms with Gasteiger partial charge in [0.2, 0.25) is 0 Å². The maximum absolute atomic E-state index is 12.1. The summed E-state index contributed by atoms with van der Waals surface area (Å²) in [6, 6.07) is 0.0341. The number of hydrogen-bond acceptors (Lipinski definition) is 2. The Hall–Kier alpha value is -1.26. The minimum absolute atomic E-state index is 0.0341. The number of carboxylic acids is 1. The zero-order valence-electron chi connectivity index (χ0n) is 12.3. The first-order valence-electron chi connectivity index (χ1n) is 7.82. The summed E-state index contributed by atoms with van der Waals surface area (Å²) in [6.07, 6.45) is 6.35. The van der Waals surface area contributed by atoms with Gasteiger partial charge in [-0.2, -0.15) is 0 Å². The number of urea groups is 1. The van der Waals surface area contributed by atoms with Crippen molar-refractivity contribution < 1.29 is 14.7 Å². The van der Waals surface area contributed by atoms with Gasteiger partial charge in [-0.3, -0.25) is 4.79 Å². The molecule has 0 aliphatic heterocycles. The van der Waals surface area contributed by atoms with Gasteiger partial charge in [0.1, 0.15) is 0 Å². The van der Waals surface area contributed by atoms with Gasteiger partial charge in [0.25, 0.3) is 0 Å². The molecule has 0 bridgehead atoms. The molecule has 0 radical (unpaired) electrons. The van der Waals surface area contributed by atoms with Gasteiger partial charge in [-0.05, 0) is 50.4 Å². The van der Waals surface area contributed by atoms with Crippen molar-refractivity contribution >= 4 is 12.0 Å². The molecule has 5 nitrogen and oxygen atoms in total. The van der Waals surface area contributed by atoms with E-state index in [1.807, 2.05) is 4.90 Å². The molecular weight excluding hydrogens is 256 g/mol. The first-order chi connectivity index (χ1) is 9.56. The lowest BCUT2D eigenvalue weighted by Gasteiger charge is -2.23. The van der Waals surface area contributed by atoms with Gasteiger partial charge in [-0.1, -0.05) is 6.92 Å². The fraction of sp³-hybridized carbons (Fsp3) is 0.867. The van der Waals surface area contributed by atoms with Crippen LogP contribution in [0.25, 0.3) is 0 Å². The van der Waals surface area contributed by atoms with E-state index < -0.39 is 5.97 Å². The third kappa shape index (κ3) is 5.39. The number of amides is 2. The monoisotopic (exact) mass is 282 g/mol. The van der Waals surface area contributed by atoms with Gasteiger partial charge in [-0.25, -0.2) is 4.79 Å². The van der Waals surface area contributed by atoms with Crippen LogP contribution in [-0.4, -0.2) is 41.6 Å². The Morgan fingerprint density at radius 2 is 1.75 bits per heavy atom. The topological polar surface area (TPSA) is 69.6 Å². The van der Waals surface area contributed by atoms with Crippen LogP contribution in [0.1, 0.15) is 45.4 Å². The second kappa shape index (κ2) is 6.95. The Kier molecular flexibility index (Phi) is 5.26. The van der Waals surface area contributed by atoms with E-state index in [9.17, 15) is 9.59 Å². The lowest BCUT2D eigenvalue weighted by molar-refractivity contribution is -0.141. The van der Waals surface area contributed by atoms with Gasteiger partial charge in [0, 0.05) is 19.6 Å². The zero-order valence-corrected chi connectivity index (χ0v) is 12.3. The largest absolute Gasteiger partial charge is 0.481 e. The molecule has 2 aliphatic carbocycles. The molecule has 2 amide bonds. The van der Waals surface area contributed by atoms with Crippen LogP contribution in [0.15, 0.2) is 0 Å². The molecule has 1 atom stereocenters. The summed E-state index contributed by atoms with van der Waals surface area (Å²) in [5.74, 6) is 0.333. The summed E-state index contributed by atoms with van der Waals surface area (Å²) in [5, 5.41) is 11.7. The van der Waals surface area contributed by atoms with E-state index in [4.69, 9.17) is 5.11 Å². The first-order valence-corrected chi connectivity index (χ1v) is 7.82. The summed E-state index contributed by atoms with van der Waals surface area (Å²) in [5.41, 5.74) is 0. The first kappa shape index (κ1) is 15.1. The molecule has 2 N–H and O–H groups in total. The predicted molar refractivity (Wildman–Crippen MR) is 76.5 cm³/mol. The normalized spacial score (nSPS) is 19.4. The van der Waals surface area contributed by atoms with E-state index in [1.165, 1.54) is 25.7 Å². The minimum Gasteiger partial charge on any atom is -0.481 e. The van der Waals surface area contributed by atoms with Gasteiger partial charge < -0.3 is 15.3 Å². The molecule has 114 valence electrons. The third-order valence-electron chi connectivity index (χ3n) is 4.15. The van der Waals surface area contributed by atoms with E-state index in [1.54, 1.807) is 6.92 Å². The van der Waals surface area contributed by atoms with Gasteiger partial charge in [-0.15, -0.1) is 0 Å². The second-order valence-corrected chi connectivity index (χ2v) is 6.41. The smallest absolute Gasteiger partial charge is 0.317 e. The van der Waals surface area contributed by atoms with Crippen LogP contribution >= 0.6 is 0 Å². The van der Waals surface area contributed by atoms with Gasteiger partial charge in [0.15, 0.2) is 0 Å². The summed E-state index contributed by atoms with van der Waals surface area (Å²) in [4.78, 5) is 24.8. The molecule has 0 spiro atoms. The number of nitrogens with one attached hydrogen (secondary N) is 1. The third-order valence-corrected chi connectivity index (χ3v) is 4.15. The minimum atomic E-state index is -0.764. The second-order valence-electron chi connectivity index (χ2n) is 6.41. The SMILES string of the molecule is CC(CCCNC(=O)N(CC1CC1)CC1CC1)C(=O)O. The average molecular weight is 282 g/mol. The van der Waals surface area contributed by atoms with Crippen molar-refractivity contribution in [1.82, 2.24) is 10.2 Å². The van der Waals surface area contributed by atoms with E-state index in [-0.39, 0.29) is 11.9 Å². The molecule has 20 heavy (non-hydrogen) atoms. The lowest BCUT2D eigenvalue weighted by Crippen LogP contribution is -2.42. The maximum Gasteiger partial charge on any atom is 0.317 e. The van der Waals surface area contributed by atoms with Crippen molar-refractivity contribution in [3.63, 3.8) is 0 Å². The number of rotatable bonds is 9. The van der Waals surface area contributed by atoms with Crippen LogP contribution in [0.4, 0.5) is 4.79 Å². The van der Waals surface area contributed by atoms with Crippen molar-refractivity contribution in [2.45, 2.75) is 45.4 Å². The summed E-state index contributed by atoms with van der Waals surface area (Å²) in [7, 11) is 0. The highest BCUT2D eigenvalue weighted by atomic mass is 16.4. The summed E-state index contributed by atoms with van der Waals surface area (Å²) in [6.45, 7) is 4.07. The number of carbonyl (C=O) groups is 2. The number of aliphatic carboxylic acids is 1. The molecule has 0 aromatic carbocycles. The predicted octanol–water partition coefficient (Wildman–Crippen LogP) is 2.32. The molecule has 0 heterocycles. The van der Waals surface area contributed by atoms with Crippen molar-refractivity contribution in [3.8, 4) is 0 Å². The maximum atomic E-state index is 12.1. The van der Waals surface area contributed by atoms with Crippen LogP contribution in [-0.2, 0) is 4.79 Å². The Morgan fingerprint density at radius 1 is 1.20 bits per heavy atom. The van der Waals surface area contributed by atoms with Crippen LogP contribution in [0.2, 0.25) is 0 Å². The molecule has 2 aliphatic rings. The number of carbonyl (C=O) groups excluding carboxylic acids is 1. The molecule has 5 heteroatoms. The van der Waals surface area contributed by atoms with Crippen LogP contribution in [0, 0.1) is 17.8 Å². The fourth-order valence-electron chi connectivity index (χ4n) is 2.30. The van der Waals surface area contributed by atoms with Gasteiger partial charge >= 0.3 is 12.0 Å². The van der Waals surface area contributed by atoms with E-state index in [2.05, 4.69) is 5.32 Å². The Bertz CT molecular complexity index is 337. The zero-order chi connectivity index (χ0) is 14.5. The Morgan fingerprint density at radius 3 is 2.20 bits per heavy atom. The molecule has 2 saturated carbocycles. The quantitative estimate of drug-likeness (QED) is 0.638. The standard InChI is InChI=1S/C15H26N2O3/c1-11(14(18)19)3-2-8-16-15(20)17(9-12-4-5-12)10-13-6-7-13/h11-13H,2-10H2,1H3,(H,16,20)(H,18,19). The Labute approximate surface area is 120 Å². The molecule has 2 fully saturated rings. The molecule has 1 unspecified atom stereocenters. The van der Waals surface area contributed by atoms with Crippen LogP contribution < -0.4 is 5.32 Å². The highest BCUT2D eigenvalue weighted by molar-refractivity contribution is 5.74. The highest BCUT2D eigenvalue weighted by Crippen LogP contribution is 2.33. The van der Waals surface area contributed by atoms with Crippen LogP contribution in [0.3, 0.4) is 0 Å². The van der Waals surface area contributed by atoms with E-state index >= 15 is 0 Å². The molecule has 0 aromatic heterocycles. The number of nitrogens with zero attached hydrogens (tertiary/aromatic N) is 1. The Balaban J connectivity index is 1.63. The van der Waals surface area contributed by atoms with E-state index in [0.29, 0.717) is 24.8 Å². The lowest BCUT2D eigenvalue weighted by atomic mass is 10.1. The van der Waals surface area contributed by atoms with Crippen LogP contribution in [0.5, 0.6) is 0 Å².